The predicted molar refractivity (Wildman–Crippen MR) is 103 cm³/mol. The topological polar surface area (TPSA) is 144 Å². The van der Waals surface area contributed by atoms with Crippen molar-refractivity contribution in [2.75, 3.05) is 26.6 Å². The number of nitro groups is 1. The molecule has 2 aromatic rings. The molecule has 0 saturated heterocycles. The van der Waals surface area contributed by atoms with Gasteiger partial charge in [-0.3, -0.25) is 14.9 Å². The number of nitrogens with one attached hydrogen (secondary N) is 1. The van der Waals surface area contributed by atoms with E-state index in [2.05, 4.69) is 5.32 Å². The van der Waals surface area contributed by atoms with Crippen LogP contribution in [0.4, 0.5) is 11.4 Å². The summed E-state index contributed by atoms with van der Waals surface area (Å²) in [6.45, 7) is 0. The minimum Gasteiger partial charge on any atom is -0.506 e. The Kier molecular flexibility index (Phi) is 6.60. The van der Waals surface area contributed by atoms with Gasteiger partial charge in [0, 0.05) is 17.7 Å². The van der Waals surface area contributed by atoms with Crippen molar-refractivity contribution < 1.29 is 29.0 Å². The summed E-state index contributed by atoms with van der Waals surface area (Å²) in [6, 6.07) is 8.01. The number of non-ortho nitro benzene ring substituents is 1. The number of hydrogen-bond acceptors (Lipinski definition) is 8. The number of nitro benzene ring substituents is 1. The number of ether oxygens (including phenoxy) is 3. The van der Waals surface area contributed by atoms with Gasteiger partial charge in [0.25, 0.3) is 11.6 Å². The van der Waals surface area contributed by atoms with Crippen molar-refractivity contribution in [2.24, 2.45) is 0 Å². The van der Waals surface area contributed by atoms with Crippen molar-refractivity contribution in [1.29, 1.82) is 5.26 Å². The summed E-state index contributed by atoms with van der Waals surface area (Å²) in [4.78, 5) is 22.5. The van der Waals surface area contributed by atoms with Gasteiger partial charge in [-0.15, -0.1) is 0 Å². The molecule has 0 heterocycles. The molecule has 0 aliphatic heterocycles. The Hall–Kier alpha value is -4.26. The van der Waals surface area contributed by atoms with Gasteiger partial charge in [-0.05, 0) is 18.2 Å². The van der Waals surface area contributed by atoms with E-state index in [4.69, 9.17) is 14.2 Å². The standard InChI is InChI=1S/C19H17N3O7/c1-27-16-9-18(29-3)17(28-2)7-11(16)6-12(10-20)19(24)21-14-5-4-13(22(25)26)8-15(14)23/h4-9,23H,1-3H3,(H,21,24). The maximum atomic E-state index is 12.5. The van der Waals surface area contributed by atoms with E-state index >= 15 is 0 Å². The third kappa shape index (κ3) is 4.72. The van der Waals surface area contributed by atoms with Crippen LogP contribution < -0.4 is 19.5 Å². The third-order valence-electron chi connectivity index (χ3n) is 3.84. The fourth-order valence-electron chi connectivity index (χ4n) is 2.40. The number of hydrogen-bond donors (Lipinski definition) is 2. The van der Waals surface area contributed by atoms with Crippen molar-refractivity contribution in [3.8, 4) is 29.1 Å². The van der Waals surface area contributed by atoms with Crippen molar-refractivity contribution in [3.63, 3.8) is 0 Å². The summed E-state index contributed by atoms with van der Waals surface area (Å²) in [5.41, 5.74) is -0.342. The van der Waals surface area contributed by atoms with Crippen LogP contribution in [0.3, 0.4) is 0 Å². The minimum atomic E-state index is -0.825. The zero-order chi connectivity index (χ0) is 21.6. The molecule has 150 valence electrons. The predicted octanol–water partition coefficient (Wildman–Crippen LogP) is 2.87. The molecule has 10 heteroatoms. The van der Waals surface area contributed by atoms with Gasteiger partial charge in [-0.25, -0.2) is 0 Å². The molecular weight excluding hydrogens is 382 g/mol. The SMILES string of the molecule is COc1cc(OC)c(OC)cc1C=C(C#N)C(=O)Nc1ccc([N+](=O)[O-])cc1O. The number of nitriles is 1. The normalized spacial score (nSPS) is 10.6. The monoisotopic (exact) mass is 399 g/mol. The quantitative estimate of drug-likeness (QED) is 0.238. The van der Waals surface area contributed by atoms with Crippen molar-refractivity contribution >= 4 is 23.4 Å². The number of benzene rings is 2. The highest BCUT2D eigenvalue weighted by Crippen LogP contribution is 2.36. The lowest BCUT2D eigenvalue weighted by Gasteiger charge is -2.12. The number of phenolic OH excluding ortho intramolecular Hbond substituents is 1. The number of amides is 1. The average Bonchev–Trinajstić information content (AvgIpc) is 2.72. The molecule has 0 saturated carbocycles. The van der Waals surface area contributed by atoms with Crippen LogP contribution in [0.1, 0.15) is 5.56 Å². The molecule has 0 fully saturated rings. The van der Waals surface area contributed by atoms with Crippen LogP contribution in [0.2, 0.25) is 0 Å². The highest BCUT2D eigenvalue weighted by molar-refractivity contribution is 6.10. The van der Waals surface area contributed by atoms with Gasteiger partial charge in [-0.1, -0.05) is 0 Å². The first-order valence-corrected chi connectivity index (χ1v) is 8.05. The molecule has 0 bridgehead atoms. The van der Waals surface area contributed by atoms with Gasteiger partial charge >= 0.3 is 0 Å². The van der Waals surface area contributed by atoms with Gasteiger partial charge in [-0.2, -0.15) is 5.26 Å². The minimum absolute atomic E-state index is 0.0824. The molecule has 2 N–H and O–H groups in total. The Balaban J connectivity index is 2.38. The molecule has 2 aromatic carbocycles. The maximum absolute atomic E-state index is 12.5. The van der Waals surface area contributed by atoms with Gasteiger partial charge in [0.05, 0.1) is 38.0 Å². The van der Waals surface area contributed by atoms with E-state index in [-0.39, 0.29) is 16.9 Å². The van der Waals surface area contributed by atoms with E-state index in [1.54, 1.807) is 12.1 Å². The van der Waals surface area contributed by atoms with Gasteiger partial charge in [0.2, 0.25) is 0 Å². The smallest absolute Gasteiger partial charge is 0.273 e. The summed E-state index contributed by atoms with van der Waals surface area (Å²) in [6.07, 6.45) is 1.28. The Morgan fingerprint density at radius 3 is 2.28 bits per heavy atom. The first-order chi connectivity index (χ1) is 13.8. The van der Waals surface area contributed by atoms with Crippen molar-refractivity contribution in [3.05, 3.63) is 51.6 Å². The highest BCUT2D eigenvalue weighted by atomic mass is 16.6. The zero-order valence-electron chi connectivity index (χ0n) is 15.8. The molecule has 0 aliphatic carbocycles. The van der Waals surface area contributed by atoms with Crippen LogP contribution in [0.25, 0.3) is 6.08 Å². The number of aromatic hydroxyl groups is 1. The number of anilines is 1. The summed E-state index contributed by atoms with van der Waals surface area (Å²) < 4.78 is 15.7. The number of methoxy groups -OCH3 is 3. The second-order valence-corrected chi connectivity index (χ2v) is 5.53. The molecule has 0 atom stereocenters. The average molecular weight is 399 g/mol. The number of nitrogens with zero attached hydrogens (tertiary/aromatic N) is 2. The number of phenols is 1. The fourth-order valence-corrected chi connectivity index (χ4v) is 2.40. The summed E-state index contributed by atoms with van der Waals surface area (Å²) >= 11 is 0. The summed E-state index contributed by atoms with van der Waals surface area (Å²) in [5.74, 6) is -0.228. The van der Waals surface area contributed by atoms with E-state index in [1.165, 1.54) is 33.5 Å². The molecule has 0 aromatic heterocycles. The molecule has 29 heavy (non-hydrogen) atoms. The number of rotatable bonds is 7. The van der Waals surface area contributed by atoms with Gasteiger partial charge in [0.1, 0.15) is 23.1 Å². The molecule has 10 nitrogen and oxygen atoms in total. The van der Waals surface area contributed by atoms with E-state index in [9.17, 15) is 25.3 Å². The molecule has 0 aliphatic rings. The molecule has 0 unspecified atom stereocenters. The first kappa shape index (κ1) is 21.0. The maximum Gasteiger partial charge on any atom is 0.273 e. The van der Waals surface area contributed by atoms with Crippen LogP contribution in [-0.4, -0.2) is 37.3 Å². The lowest BCUT2D eigenvalue weighted by molar-refractivity contribution is -0.384. The zero-order valence-corrected chi connectivity index (χ0v) is 15.8. The Labute approximate surface area is 165 Å². The second kappa shape index (κ2) is 9.09. The van der Waals surface area contributed by atoms with Gasteiger partial charge in [0.15, 0.2) is 11.5 Å². The van der Waals surface area contributed by atoms with E-state index in [1.807, 2.05) is 0 Å². The third-order valence-corrected chi connectivity index (χ3v) is 3.84. The lowest BCUT2D eigenvalue weighted by atomic mass is 10.1. The molecular formula is C19H17N3O7. The van der Waals surface area contributed by atoms with Crippen LogP contribution in [0.15, 0.2) is 35.9 Å². The van der Waals surface area contributed by atoms with E-state index in [0.717, 1.165) is 18.2 Å². The molecule has 0 radical (unpaired) electrons. The van der Waals surface area contributed by atoms with Crippen LogP contribution in [-0.2, 0) is 4.79 Å². The number of carbonyl (C=O) groups is 1. The van der Waals surface area contributed by atoms with Crippen molar-refractivity contribution in [2.45, 2.75) is 0 Å². The first-order valence-electron chi connectivity index (χ1n) is 8.05. The van der Waals surface area contributed by atoms with Gasteiger partial charge < -0.3 is 24.6 Å². The highest BCUT2D eigenvalue weighted by Gasteiger charge is 2.17. The Morgan fingerprint density at radius 2 is 1.76 bits per heavy atom. The van der Waals surface area contributed by atoms with Crippen LogP contribution in [0, 0.1) is 21.4 Å². The Bertz CT molecular complexity index is 1030. The largest absolute Gasteiger partial charge is 0.506 e. The van der Waals surface area contributed by atoms with E-state index in [0.29, 0.717) is 22.8 Å². The fraction of sp³-hybridized carbons (Fsp3) is 0.158. The number of carbonyl (C=O) groups excluding carboxylic acids is 1. The molecule has 1 amide bonds. The lowest BCUT2D eigenvalue weighted by Crippen LogP contribution is -2.13. The molecule has 2 rings (SSSR count). The van der Waals surface area contributed by atoms with Crippen LogP contribution >= 0.6 is 0 Å². The van der Waals surface area contributed by atoms with Crippen LogP contribution in [0.5, 0.6) is 23.0 Å². The second-order valence-electron chi connectivity index (χ2n) is 5.53. The van der Waals surface area contributed by atoms with Crippen molar-refractivity contribution in [1.82, 2.24) is 0 Å². The molecule has 0 spiro atoms. The summed E-state index contributed by atoms with van der Waals surface area (Å²) in [5, 5.41) is 32.3. The summed E-state index contributed by atoms with van der Waals surface area (Å²) in [7, 11) is 4.31. The van der Waals surface area contributed by atoms with E-state index < -0.39 is 16.6 Å². The Morgan fingerprint density at radius 1 is 1.14 bits per heavy atom.